The summed E-state index contributed by atoms with van der Waals surface area (Å²) in [4.78, 5) is 19.8. The molecule has 34 heavy (non-hydrogen) atoms. The van der Waals surface area contributed by atoms with Gasteiger partial charge in [0.2, 0.25) is 5.91 Å². The lowest BCUT2D eigenvalue weighted by Gasteiger charge is -2.18. The van der Waals surface area contributed by atoms with Crippen LogP contribution in [0.1, 0.15) is 30.1 Å². The van der Waals surface area contributed by atoms with Crippen molar-refractivity contribution in [1.29, 1.82) is 0 Å². The van der Waals surface area contributed by atoms with E-state index >= 15 is 0 Å². The van der Waals surface area contributed by atoms with Crippen molar-refractivity contribution < 1.29 is 14.3 Å². The zero-order chi connectivity index (χ0) is 23.5. The number of hydrogen-bond donors (Lipinski definition) is 0. The van der Waals surface area contributed by atoms with Crippen molar-refractivity contribution in [2.75, 3.05) is 25.2 Å². The first kappa shape index (κ1) is 22.0. The van der Waals surface area contributed by atoms with Crippen LogP contribution in [-0.2, 0) is 11.3 Å². The molecule has 6 heteroatoms. The first-order valence-electron chi connectivity index (χ1n) is 11.7. The van der Waals surface area contributed by atoms with Crippen molar-refractivity contribution in [3.8, 4) is 11.5 Å². The van der Waals surface area contributed by atoms with Crippen molar-refractivity contribution in [3.63, 3.8) is 0 Å². The van der Waals surface area contributed by atoms with E-state index in [0.29, 0.717) is 19.6 Å². The molecular weight excluding hydrogens is 426 g/mol. The summed E-state index contributed by atoms with van der Waals surface area (Å²) < 4.78 is 13.6. The smallest absolute Gasteiger partial charge is 0.227 e. The third-order valence-electron chi connectivity index (χ3n) is 6.37. The van der Waals surface area contributed by atoms with Gasteiger partial charge in [-0.15, -0.1) is 0 Å². The molecule has 1 saturated heterocycles. The molecule has 1 fully saturated rings. The maximum absolute atomic E-state index is 12.9. The van der Waals surface area contributed by atoms with Gasteiger partial charge in [-0.3, -0.25) is 4.79 Å². The van der Waals surface area contributed by atoms with E-state index in [1.165, 1.54) is 5.56 Å². The Balaban J connectivity index is 1.34. The number of imidazole rings is 1. The fourth-order valence-electron chi connectivity index (χ4n) is 4.64. The Morgan fingerprint density at radius 2 is 1.71 bits per heavy atom. The molecule has 2 heterocycles. The molecule has 1 amide bonds. The molecule has 1 aliphatic rings. The van der Waals surface area contributed by atoms with Crippen LogP contribution >= 0.6 is 0 Å². The highest BCUT2D eigenvalue weighted by Crippen LogP contribution is 2.33. The summed E-state index contributed by atoms with van der Waals surface area (Å²) in [5.74, 6) is 2.65. The van der Waals surface area contributed by atoms with Crippen LogP contribution in [0.3, 0.4) is 0 Å². The van der Waals surface area contributed by atoms with E-state index in [2.05, 4.69) is 17.6 Å². The van der Waals surface area contributed by atoms with Crippen LogP contribution in [0.2, 0.25) is 0 Å². The first-order chi connectivity index (χ1) is 16.6. The predicted molar refractivity (Wildman–Crippen MR) is 134 cm³/mol. The lowest BCUT2D eigenvalue weighted by Crippen LogP contribution is -2.24. The lowest BCUT2D eigenvalue weighted by molar-refractivity contribution is -0.117. The molecule has 174 valence electrons. The summed E-state index contributed by atoms with van der Waals surface area (Å²) >= 11 is 0. The van der Waals surface area contributed by atoms with Crippen molar-refractivity contribution in [2.45, 2.75) is 32.2 Å². The number of carbonyl (C=O) groups is 1. The number of aryl methyl sites for hydroxylation is 2. The van der Waals surface area contributed by atoms with Crippen LogP contribution in [0.15, 0.2) is 72.8 Å². The number of carbonyl (C=O) groups excluding carboxylic acids is 1. The summed E-state index contributed by atoms with van der Waals surface area (Å²) in [7, 11) is 1.65. The van der Waals surface area contributed by atoms with Crippen molar-refractivity contribution in [3.05, 3.63) is 84.2 Å². The van der Waals surface area contributed by atoms with E-state index in [1.807, 2.05) is 71.6 Å². The van der Waals surface area contributed by atoms with E-state index in [-0.39, 0.29) is 11.8 Å². The van der Waals surface area contributed by atoms with Gasteiger partial charge in [0.25, 0.3) is 0 Å². The SMILES string of the molecule is COc1ccccc1OCCCn1c(C2CC(=O)N(c3ccc(C)cc3)C2)nc2ccccc21. The van der Waals surface area contributed by atoms with Gasteiger partial charge in [0, 0.05) is 31.1 Å². The quantitative estimate of drug-likeness (QED) is 0.337. The molecule has 0 radical (unpaired) electrons. The highest BCUT2D eigenvalue weighted by molar-refractivity contribution is 5.96. The van der Waals surface area contributed by atoms with Gasteiger partial charge in [0.15, 0.2) is 11.5 Å². The Labute approximate surface area is 199 Å². The molecule has 1 aromatic heterocycles. The molecule has 0 saturated carbocycles. The van der Waals surface area contributed by atoms with Gasteiger partial charge in [-0.2, -0.15) is 0 Å². The topological polar surface area (TPSA) is 56.6 Å². The van der Waals surface area contributed by atoms with Crippen LogP contribution in [0.25, 0.3) is 11.0 Å². The minimum absolute atomic E-state index is 0.0522. The fourth-order valence-corrected chi connectivity index (χ4v) is 4.64. The lowest BCUT2D eigenvalue weighted by atomic mass is 10.1. The molecule has 0 spiro atoms. The minimum Gasteiger partial charge on any atom is -0.493 e. The molecule has 0 bridgehead atoms. The van der Waals surface area contributed by atoms with E-state index in [4.69, 9.17) is 14.5 Å². The maximum Gasteiger partial charge on any atom is 0.227 e. The molecule has 4 aromatic rings. The molecule has 3 aromatic carbocycles. The predicted octanol–water partition coefficient (Wildman–Crippen LogP) is 5.34. The van der Waals surface area contributed by atoms with Gasteiger partial charge in [-0.1, -0.05) is 42.0 Å². The van der Waals surface area contributed by atoms with Gasteiger partial charge >= 0.3 is 0 Å². The van der Waals surface area contributed by atoms with E-state index < -0.39 is 0 Å². The average molecular weight is 456 g/mol. The van der Waals surface area contributed by atoms with Gasteiger partial charge in [-0.05, 0) is 49.7 Å². The normalized spacial score (nSPS) is 15.8. The number of amides is 1. The second-order valence-electron chi connectivity index (χ2n) is 8.70. The summed E-state index contributed by atoms with van der Waals surface area (Å²) in [5, 5.41) is 0. The number of aromatic nitrogens is 2. The summed E-state index contributed by atoms with van der Waals surface area (Å²) in [6.45, 7) is 4.02. The number of hydrogen-bond acceptors (Lipinski definition) is 4. The molecule has 5 rings (SSSR count). The van der Waals surface area contributed by atoms with Gasteiger partial charge < -0.3 is 18.9 Å². The third kappa shape index (κ3) is 4.36. The number of anilines is 1. The standard InChI is InChI=1S/C28H29N3O3/c1-20-12-14-22(15-13-20)31-19-21(18-27(31)32)28-29-23-8-3-4-9-24(23)30(28)16-7-17-34-26-11-6-5-10-25(26)33-2/h3-6,8-15,21H,7,16-19H2,1-2H3. The Morgan fingerprint density at radius 3 is 2.50 bits per heavy atom. The highest BCUT2D eigenvalue weighted by Gasteiger charge is 2.34. The van der Waals surface area contributed by atoms with Gasteiger partial charge in [-0.25, -0.2) is 4.98 Å². The van der Waals surface area contributed by atoms with Crippen LogP contribution in [0, 0.1) is 6.92 Å². The van der Waals surface area contributed by atoms with E-state index in [9.17, 15) is 4.79 Å². The Kier molecular flexibility index (Phi) is 6.21. The number of rotatable bonds is 8. The van der Waals surface area contributed by atoms with Crippen LogP contribution in [0.5, 0.6) is 11.5 Å². The zero-order valence-corrected chi connectivity index (χ0v) is 19.6. The van der Waals surface area contributed by atoms with Crippen LogP contribution < -0.4 is 14.4 Å². The second kappa shape index (κ2) is 9.59. The summed E-state index contributed by atoms with van der Waals surface area (Å²) in [6.07, 6.45) is 1.28. The zero-order valence-electron chi connectivity index (χ0n) is 19.6. The molecule has 1 unspecified atom stereocenters. The summed E-state index contributed by atoms with van der Waals surface area (Å²) in [6, 6.07) is 24.0. The molecule has 0 aliphatic carbocycles. The van der Waals surface area contributed by atoms with E-state index in [1.54, 1.807) is 7.11 Å². The van der Waals surface area contributed by atoms with E-state index in [0.717, 1.165) is 47.0 Å². The van der Waals surface area contributed by atoms with Crippen molar-refractivity contribution in [1.82, 2.24) is 9.55 Å². The number of methoxy groups -OCH3 is 1. The summed E-state index contributed by atoms with van der Waals surface area (Å²) in [5.41, 5.74) is 4.19. The molecule has 1 atom stereocenters. The Morgan fingerprint density at radius 1 is 0.971 bits per heavy atom. The molecule has 6 nitrogen and oxygen atoms in total. The number of benzene rings is 3. The number of ether oxygens (including phenoxy) is 2. The van der Waals surface area contributed by atoms with Gasteiger partial charge in [0.1, 0.15) is 5.82 Å². The molecule has 1 aliphatic heterocycles. The van der Waals surface area contributed by atoms with Crippen LogP contribution in [-0.4, -0.2) is 35.7 Å². The highest BCUT2D eigenvalue weighted by atomic mass is 16.5. The maximum atomic E-state index is 12.9. The number of nitrogens with zero attached hydrogens (tertiary/aromatic N) is 3. The Hall–Kier alpha value is -3.80. The minimum atomic E-state index is 0.0522. The van der Waals surface area contributed by atoms with Crippen molar-refractivity contribution in [2.24, 2.45) is 0 Å². The Bertz CT molecular complexity index is 1300. The second-order valence-corrected chi connectivity index (χ2v) is 8.70. The third-order valence-corrected chi connectivity index (χ3v) is 6.37. The first-order valence-corrected chi connectivity index (χ1v) is 11.7. The largest absolute Gasteiger partial charge is 0.493 e. The number of para-hydroxylation sites is 4. The fraction of sp³-hybridized carbons (Fsp3) is 0.286. The monoisotopic (exact) mass is 455 g/mol. The molecular formula is C28H29N3O3. The average Bonchev–Trinajstić information content (AvgIpc) is 3.43. The van der Waals surface area contributed by atoms with Crippen LogP contribution in [0.4, 0.5) is 5.69 Å². The molecule has 0 N–H and O–H groups in total. The van der Waals surface area contributed by atoms with Gasteiger partial charge in [0.05, 0.1) is 24.8 Å². The van der Waals surface area contributed by atoms with Crippen molar-refractivity contribution >= 4 is 22.6 Å². The number of fused-ring (bicyclic) bond motifs is 1.